The zero-order chi connectivity index (χ0) is 18.5. The molecule has 1 aliphatic carbocycles. The molecule has 1 aromatic carbocycles. The molecule has 0 atom stereocenters. The minimum Gasteiger partial charge on any atom is -0.451 e. The third-order valence-corrected chi connectivity index (χ3v) is 5.45. The van der Waals surface area contributed by atoms with Gasteiger partial charge in [0.25, 0.3) is 5.91 Å². The van der Waals surface area contributed by atoms with E-state index in [-0.39, 0.29) is 6.61 Å². The predicted molar refractivity (Wildman–Crippen MR) is 99.5 cm³/mol. The van der Waals surface area contributed by atoms with Crippen molar-refractivity contribution in [2.45, 2.75) is 32.1 Å². The molecule has 136 valence electrons. The summed E-state index contributed by atoms with van der Waals surface area (Å²) in [6.07, 6.45) is 5.53. The number of anilines is 1. The number of fused-ring (bicyclic) bond motifs is 1. The van der Waals surface area contributed by atoms with E-state index >= 15 is 0 Å². The zero-order valence-electron chi connectivity index (χ0n) is 14.2. The first kappa shape index (κ1) is 18.1. The molecule has 0 saturated heterocycles. The van der Waals surface area contributed by atoms with Crippen LogP contribution in [0.15, 0.2) is 30.3 Å². The van der Waals surface area contributed by atoms with Crippen molar-refractivity contribution in [1.82, 2.24) is 0 Å². The molecular weight excluding hydrogens is 352 g/mol. The van der Waals surface area contributed by atoms with Crippen LogP contribution in [0.4, 0.5) is 5.69 Å². The SMILES string of the molecule is NC(=O)c1ccc(NC(=O)COC(=O)c2cc3c(s2)CCCCC3)cc1. The average molecular weight is 372 g/mol. The maximum Gasteiger partial charge on any atom is 0.348 e. The van der Waals surface area contributed by atoms with E-state index in [0.717, 1.165) is 25.7 Å². The van der Waals surface area contributed by atoms with E-state index in [1.807, 2.05) is 6.07 Å². The van der Waals surface area contributed by atoms with Crippen molar-refractivity contribution >= 4 is 34.8 Å². The van der Waals surface area contributed by atoms with E-state index in [2.05, 4.69) is 5.32 Å². The molecule has 1 aromatic heterocycles. The van der Waals surface area contributed by atoms with Gasteiger partial charge < -0.3 is 15.8 Å². The number of primary amides is 1. The van der Waals surface area contributed by atoms with Crippen LogP contribution >= 0.6 is 11.3 Å². The first-order chi connectivity index (χ1) is 12.5. The van der Waals surface area contributed by atoms with E-state index in [1.165, 1.54) is 40.3 Å². The Balaban J connectivity index is 1.52. The molecule has 0 spiro atoms. The Morgan fingerprint density at radius 3 is 2.54 bits per heavy atom. The highest BCUT2D eigenvalue weighted by Gasteiger charge is 2.18. The molecule has 3 N–H and O–H groups in total. The van der Waals surface area contributed by atoms with Crippen molar-refractivity contribution in [3.05, 3.63) is 51.2 Å². The summed E-state index contributed by atoms with van der Waals surface area (Å²) in [6, 6.07) is 8.06. The van der Waals surface area contributed by atoms with Crippen LogP contribution in [0.1, 0.15) is 49.7 Å². The van der Waals surface area contributed by atoms with Gasteiger partial charge in [0.1, 0.15) is 4.88 Å². The van der Waals surface area contributed by atoms with E-state index < -0.39 is 17.8 Å². The van der Waals surface area contributed by atoms with Gasteiger partial charge in [-0.05, 0) is 61.6 Å². The van der Waals surface area contributed by atoms with Gasteiger partial charge in [-0.25, -0.2) is 4.79 Å². The number of rotatable bonds is 5. The largest absolute Gasteiger partial charge is 0.451 e. The maximum absolute atomic E-state index is 12.2. The molecule has 26 heavy (non-hydrogen) atoms. The molecule has 0 unspecified atom stereocenters. The molecule has 0 fully saturated rings. The Morgan fingerprint density at radius 1 is 1.08 bits per heavy atom. The van der Waals surface area contributed by atoms with Gasteiger partial charge in [-0.15, -0.1) is 11.3 Å². The number of amides is 2. The monoisotopic (exact) mass is 372 g/mol. The Labute approximate surface area is 155 Å². The van der Waals surface area contributed by atoms with E-state index in [9.17, 15) is 14.4 Å². The topological polar surface area (TPSA) is 98.5 Å². The number of hydrogen-bond donors (Lipinski definition) is 2. The molecule has 0 bridgehead atoms. The van der Waals surface area contributed by atoms with E-state index in [1.54, 1.807) is 12.1 Å². The van der Waals surface area contributed by atoms with Gasteiger partial charge in [-0.3, -0.25) is 9.59 Å². The zero-order valence-corrected chi connectivity index (χ0v) is 15.1. The highest BCUT2D eigenvalue weighted by molar-refractivity contribution is 7.14. The normalized spacial score (nSPS) is 13.4. The summed E-state index contributed by atoms with van der Waals surface area (Å²) in [7, 11) is 0. The summed E-state index contributed by atoms with van der Waals surface area (Å²) in [4.78, 5) is 36.9. The molecule has 1 heterocycles. The molecule has 7 heteroatoms. The molecule has 2 aromatic rings. The van der Waals surface area contributed by atoms with Crippen LogP contribution in [-0.4, -0.2) is 24.4 Å². The number of benzene rings is 1. The van der Waals surface area contributed by atoms with Gasteiger partial charge in [0.2, 0.25) is 5.91 Å². The van der Waals surface area contributed by atoms with Gasteiger partial charge in [0.05, 0.1) is 0 Å². The highest BCUT2D eigenvalue weighted by atomic mass is 32.1. The van der Waals surface area contributed by atoms with Crippen molar-refractivity contribution in [3.8, 4) is 0 Å². The maximum atomic E-state index is 12.2. The number of carbonyl (C=O) groups excluding carboxylic acids is 3. The second-order valence-corrected chi connectivity index (χ2v) is 7.32. The Kier molecular flexibility index (Phi) is 5.68. The van der Waals surface area contributed by atoms with Crippen LogP contribution in [0.2, 0.25) is 0 Å². The van der Waals surface area contributed by atoms with Crippen LogP contribution < -0.4 is 11.1 Å². The van der Waals surface area contributed by atoms with Gasteiger partial charge >= 0.3 is 5.97 Å². The number of nitrogens with two attached hydrogens (primary N) is 1. The molecule has 0 aliphatic heterocycles. The summed E-state index contributed by atoms with van der Waals surface area (Å²) in [6.45, 7) is -0.362. The van der Waals surface area contributed by atoms with Crippen molar-refractivity contribution in [2.75, 3.05) is 11.9 Å². The fourth-order valence-electron chi connectivity index (χ4n) is 2.89. The second kappa shape index (κ2) is 8.14. The molecule has 0 radical (unpaired) electrons. The lowest BCUT2D eigenvalue weighted by Gasteiger charge is -2.06. The standard InChI is InChI=1S/C19H20N2O4S/c20-18(23)12-6-8-14(9-7-12)21-17(22)11-25-19(24)16-10-13-4-2-1-3-5-15(13)26-16/h6-10H,1-5,11H2,(H2,20,23)(H,21,22). The quantitative estimate of drug-likeness (QED) is 0.623. The number of nitrogens with one attached hydrogen (secondary N) is 1. The predicted octanol–water partition coefficient (Wildman–Crippen LogP) is 2.91. The average Bonchev–Trinajstić information content (AvgIpc) is 2.91. The van der Waals surface area contributed by atoms with Gasteiger partial charge in [-0.1, -0.05) is 6.42 Å². The fourth-order valence-corrected chi connectivity index (χ4v) is 4.03. The first-order valence-corrected chi connectivity index (χ1v) is 9.33. The summed E-state index contributed by atoms with van der Waals surface area (Å²) < 4.78 is 5.12. The van der Waals surface area contributed by atoms with Crippen LogP contribution in [0.5, 0.6) is 0 Å². The summed E-state index contributed by atoms with van der Waals surface area (Å²) in [5.74, 6) is -1.45. The molecule has 6 nitrogen and oxygen atoms in total. The Bertz CT molecular complexity index is 803. The van der Waals surface area contributed by atoms with Crippen LogP contribution in [0, 0.1) is 0 Å². The molecular formula is C19H20N2O4S. The second-order valence-electron chi connectivity index (χ2n) is 6.19. The minimum absolute atomic E-state index is 0.354. The fraction of sp³-hybridized carbons (Fsp3) is 0.316. The Hall–Kier alpha value is -2.67. The lowest BCUT2D eigenvalue weighted by atomic mass is 10.1. The van der Waals surface area contributed by atoms with Crippen LogP contribution in [0.25, 0.3) is 0 Å². The van der Waals surface area contributed by atoms with Crippen molar-refractivity contribution in [2.24, 2.45) is 5.73 Å². The third kappa shape index (κ3) is 4.49. The van der Waals surface area contributed by atoms with Gasteiger partial charge in [0, 0.05) is 16.1 Å². The number of ether oxygens (including phenoxy) is 1. The minimum atomic E-state index is -0.536. The van der Waals surface area contributed by atoms with Crippen molar-refractivity contribution in [1.29, 1.82) is 0 Å². The summed E-state index contributed by atoms with van der Waals surface area (Å²) in [5.41, 5.74) is 7.25. The van der Waals surface area contributed by atoms with Crippen molar-refractivity contribution in [3.63, 3.8) is 0 Å². The van der Waals surface area contributed by atoms with Crippen LogP contribution in [-0.2, 0) is 22.4 Å². The van der Waals surface area contributed by atoms with Crippen LogP contribution in [0.3, 0.4) is 0 Å². The number of hydrogen-bond acceptors (Lipinski definition) is 5. The number of aryl methyl sites for hydroxylation is 2. The van der Waals surface area contributed by atoms with Crippen molar-refractivity contribution < 1.29 is 19.1 Å². The van der Waals surface area contributed by atoms with E-state index in [0.29, 0.717) is 16.1 Å². The third-order valence-electron chi connectivity index (χ3n) is 4.24. The number of carbonyl (C=O) groups is 3. The first-order valence-electron chi connectivity index (χ1n) is 8.51. The summed E-state index contributed by atoms with van der Waals surface area (Å²) in [5, 5.41) is 2.61. The molecule has 0 saturated carbocycles. The molecule has 3 rings (SSSR count). The van der Waals surface area contributed by atoms with Gasteiger partial charge in [-0.2, -0.15) is 0 Å². The number of thiophene rings is 1. The smallest absolute Gasteiger partial charge is 0.348 e. The lowest BCUT2D eigenvalue weighted by molar-refractivity contribution is -0.119. The summed E-state index contributed by atoms with van der Waals surface area (Å²) >= 11 is 1.47. The Morgan fingerprint density at radius 2 is 1.81 bits per heavy atom. The van der Waals surface area contributed by atoms with Gasteiger partial charge in [0.15, 0.2) is 6.61 Å². The highest BCUT2D eigenvalue weighted by Crippen LogP contribution is 2.29. The molecule has 2 amide bonds. The molecule has 1 aliphatic rings. The number of esters is 1. The lowest BCUT2D eigenvalue weighted by Crippen LogP contribution is -2.20. The van der Waals surface area contributed by atoms with E-state index in [4.69, 9.17) is 10.5 Å².